The SMILES string of the molecule is Oc1ccc(F)cc1CN(CCN1CCOCC1)Cc1ccco1. The van der Waals surface area contributed by atoms with E-state index in [9.17, 15) is 9.50 Å². The van der Waals surface area contributed by atoms with Gasteiger partial charge >= 0.3 is 0 Å². The van der Waals surface area contributed by atoms with Crippen molar-refractivity contribution < 1.29 is 18.7 Å². The highest BCUT2D eigenvalue weighted by Crippen LogP contribution is 2.21. The van der Waals surface area contributed by atoms with Gasteiger partial charge < -0.3 is 14.3 Å². The van der Waals surface area contributed by atoms with Crippen molar-refractivity contribution in [3.05, 3.63) is 53.7 Å². The van der Waals surface area contributed by atoms with Crippen LogP contribution in [0.15, 0.2) is 41.0 Å². The van der Waals surface area contributed by atoms with Crippen molar-refractivity contribution in [2.75, 3.05) is 39.4 Å². The molecule has 0 aliphatic carbocycles. The molecule has 0 unspecified atom stereocenters. The van der Waals surface area contributed by atoms with E-state index in [0.717, 1.165) is 45.2 Å². The lowest BCUT2D eigenvalue weighted by Crippen LogP contribution is -2.41. The van der Waals surface area contributed by atoms with Crippen molar-refractivity contribution in [1.82, 2.24) is 9.80 Å². The molecule has 1 aliphatic rings. The molecule has 0 spiro atoms. The maximum absolute atomic E-state index is 13.5. The highest BCUT2D eigenvalue weighted by atomic mass is 19.1. The first-order valence-corrected chi connectivity index (χ1v) is 8.23. The van der Waals surface area contributed by atoms with Crippen molar-refractivity contribution in [2.24, 2.45) is 0 Å². The van der Waals surface area contributed by atoms with Crippen LogP contribution in [-0.2, 0) is 17.8 Å². The third-order valence-corrected chi connectivity index (χ3v) is 4.23. The van der Waals surface area contributed by atoms with Crippen LogP contribution in [0.3, 0.4) is 0 Å². The minimum absolute atomic E-state index is 0.118. The molecule has 6 heteroatoms. The molecule has 1 fully saturated rings. The molecule has 2 aromatic rings. The van der Waals surface area contributed by atoms with Crippen LogP contribution in [0.25, 0.3) is 0 Å². The molecule has 1 aromatic carbocycles. The molecule has 1 aliphatic heterocycles. The zero-order valence-corrected chi connectivity index (χ0v) is 13.7. The van der Waals surface area contributed by atoms with E-state index in [1.54, 1.807) is 6.26 Å². The highest BCUT2D eigenvalue weighted by Gasteiger charge is 2.15. The number of hydrogen-bond donors (Lipinski definition) is 1. The quantitative estimate of drug-likeness (QED) is 0.843. The Morgan fingerprint density at radius 2 is 2.00 bits per heavy atom. The van der Waals surface area contributed by atoms with Crippen LogP contribution in [0, 0.1) is 5.82 Å². The van der Waals surface area contributed by atoms with Crippen molar-refractivity contribution in [2.45, 2.75) is 13.1 Å². The second-order valence-electron chi connectivity index (χ2n) is 6.02. The van der Waals surface area contributed by atoms with Gasteiger partial charge in [-0.3, -0.25) is 9.80 Å². The molecule has 130 valence electrons. The van der Waals surface area contributed by atoms with E-state index < -0.39 is 0 Å². The van der Waals surface area contributed by atoms with Crippen LogP contribution in [0.5, 0.6) is 5.75 Å². The van der Waals surface area contributed by atoms with Crippen LogP contribution >= 0.6 is 0 Å². The van der Waals surface area contributed by atoms with Gasteiger partial charge in [-0.1, -0.05) is 0 Å². The fourth-order valence-electron chi connectivity index (χ4n) is 2.87. The number of furan rings is 1. The van der Waals surface area contributed by atoms with Gasteiger partial charge in [0.1, 0.15) is 17.3 Å². The predicted octanol–water partition coefficient (Wildman–Crippen LogP) is 2.46. The van der Waals surface area contributed by atoms with Crippen LogP contribution in [0.4, 0.5) is 4.39 Å². The number of phenols is 1. The fourth-order valence-corrected chi connectivity index (χ4v) is 2.87. The lowest BCUT2D eigenvalue weighted by atomic mass is 10.1. The van der Waals surface area contributed by atoms with Gasteiger partial charge in [-0.2, -0.15) is 0 Å². The number of ether oxygens (including phenoxy) is 1. The topological polar surface area (TPSA) is 49.1 Å². The lowest BCUT2D eigenvalue weighted by molar-refractivity contribution is 0.0321. The maximum Gasteiger partial charge on any atom is 0.123 e. The minimum Gasteiger partial charge on any atom is -0.508 e. The number of morpholine rings is 1. The molecule has 1 saturated heterocycles. The summed E-state index contributed by atoms with van der Waals surface area (Å²) in [7, 11) is 0. The normalized spacial score (nSPS) is 15.9. The van der Waals surface area contributed by atoms with Gasteiger partial charge in [0, 0.05) is 38.3 Å². The van der Waals surface area contributed by atoms with Crippen molar-refractivity contribution in [3.63, 3.8) is 0 Å². The smallest absolute Gasteiger partial charge is 0.123 e. The van der Waals surface area contributed by atoms with E-state index in [0.29, 0.717) is 18.7 Å². The Hall–Kier alpha value is -1.89. The average molecular weight is 334 g/mol. The minimum atomic E-state index is -0.339. The summed E-state index contributed by atoms with van der Waals surface area (Å²) in [6.45, 7) is 6.18. The number of phenolic OH excluding ortho intramolecular Hbond substituents is 1. The van der Waals surface area contributed by atoms with Gasteiger partial charge in [0.2, 0.25) is 0 Å². The Morgan fingerprint density at radius 1 is 1.17 bits per heavy atom. The Kier molecular flexibility index (Phi) is 5.85. The molecule has 3 rings (SSSR count). The van der Waals surface area contributed by atoms with Gasteiger partial charge in [0.15, 0.2) is 0 Å². The molecule has 0 atom stereocenters. The number of halogens is 1. The Balaban J connectivity index is 1.65. The standard InChI is InChI=1S/C18H23FN2O3/c19-16-3-4-18(22)15(12-16)13-21(14-17-2-1-9-24-17)6-5-20-7-10-23-11-8-20/h1-4,9,12,22H,5-8,10-11,13-14H2. The Bertz CT molecular complexity index is 627. The molecule has 0 amide bonds. The van der Waals surface area contributed by atoms with Crippen LogP contribution in [0.2, 0.25) is 0 Å². The summed E-state index contributed by atoms with van der Waals surface area (Å²) in [5, 5.41) is 9.98. The molecule has 0 saturated carbocycles. The van der Waals surface area contributed by atoms with Crippen molar-refractivity contribution in [3.8, 4) is 5.75 Å². The van der Waals surface area contributed by atoms with E-state index in [2.05, 4.69) is 9.80 Å². The van der Waals surface area contributed by atoms with E-state index in [4.69, 9.17) is 9.15 Å². The monoisotopic (exact) mass is 334 g/mol. The van der Waals surface area contributed by atoms with E-state index >= 15 is 0 Å². The van der Waals surface area contributed by atoms with Crippen LogP contribution in [0.1, 0.15) is 11.3 Å². The average Bonchev–Trinajstić information content (AvgIpc) is 3.10. The zero-order chi connectivity index (χ0) is 16.8. The summed E-state index contributed by atoms with van der Waals surface area (Å²) < 4.78 is 24.3. The molecule has 0 radical (unpaired) electrons. The highest BCUT2D eigenvalue weighted by molar-refractivity contribution is 5.32. The number of rotatable bonds is 7. The summed E-state index contributed by atoms with van der Waals surface area (Å²) in [5.74, 6) is 0.633. The molecular weight excluding hydrogens is 311 g/mol. The summed E-state index contributed by atoms with van der Waals surface area (Å²) in [6.07, 6.45) is 1.65. The molecular formula is C18H23FN2O3. The van der Waals surface area contributed by atoms with Crippen molar-refractivity contribution >= 4 is 0 Å². The van der Waals surface area contributed by atoms with E-state index in [-0.39, 0.29) is 11.6 Å². The van der Waals surface area contributed by atoms with E-state index in [1.165, 1.54) is 18.2 Å². The third-order valence-electron chi connectivity index (χ3n) is 4.23. The van der Waals surface area contributed by atoms with Gasteiger partial charge in [0.25, 0.3) is 0 Å². The molecule has 1 aromatic heterocycles. The first kappa shape index (κ1) is 17.0. The van der Waals surface area contributed by atoms with Gasteiger partial charge in [-0.05, 0) is 30.3 Å². The number of nitrogens with zero attached hydrogens (tertiary/aromatic N) is 2. The molecule has 2 heterocycles. The Labute approximate surface area is 141 Å². The third kappa shape index (κ3) is 4.80. The first-order valence-electron chi connectivity index (χ1n) is 8.23. The van der Waals surface area contributed by atoms with Gasteiger partial charge in [-0.15, -0.1) is 0 Å². The fraction of sp³-hybridized carbons (Fsp3) is 0.444. The first-order chi connectivity index (χ1) is 11.7. The predicted molar refractivity (Wildman–Crippen MR) is 88.1 cm³/mol. The number of aromatic hydroxyl groups is 1. The van der Waals surface area contributed by atoms with Crippen LogP contribution < -0.4 is 0 Å². The van der Waals surface area contributed by atoms with Crippen molar-refractivity contribution in [1.29, 1.82) is 0 Å². The molecule has 24 heavy (non-hydrogen) atoms. The zero-order valence-electron chi connectivity index (χ0n) is 13.7. The largest absolute Gasteiger partial charge is 0.508 e. The van der Waals surface area contributed by atoms with Gasteiger partial charge in [-0.25, -0.2) is 4.39 Å². The summed E-state index contributed by atoms with van der Waals surface area (Å²) in [5.41, 5.74) is 0.587. The second kappa shape index (κ2) is 8.28. The molecule has 5 nitrogen and oxygen atoms in total. The number of hydrogen-bond acceptors (Lipinski definition) is 5. The summed E-state index contributed by atoms with van der Waals surface area (Å²) in [6, 6.07) is 7.84. The summed E-state index contributed by atoms with van der Waals surface area (Å²) in [4.78, 5) is 4.51. The lowest BCUT2D eigenvalue weighted by Gasteiger charge is -2.30. The Morgan fingerprint density at radius 3 is 2.75 bits per heavy atom. The van der Waals surface area contributed by atoms with Gasteiger partial charge in [0.05, 0.1) is 26.0 Å². The van der Waals surface area contributed by atoms with E-state index in [1.807, 2.05) is 12.1 Å². The molecule has 1 N–H and O–H groups in total. The maximum atomic E-state index is 13.5. The second-order valence-corrected chi connectivity index (χ2v) is 6.02. The molecule has 0 bridgehead atoms. The van der Waals surface area contributed by atoms with Crippen LogP contribution in [-0.4, -0.2) is 54.3 Å². The summed E-state index contributed by atoms with van der Waals surface area (Å²) >= 11 is 0. The number of benzene rings is 1.